The van der Waals surface area contributed by atoms with E-state index in [4.69, 9.17) is 23.8 Å². The topological polar surface area (TPSA) is 267 Å². The molecule has 1 aliphatic rings. The minimum Gasteiger partial charge on any atom is -0.493 e. The number of pyridine rings is 1. The van der Waals surface area contributed by atoms with Crippen LogP contribution in [0.25, 0.3) is 5.78 Å². The maximum atomic E-state index is 13.3. The van der Waals surface area contributed by atoms with Crippen molar-refractivity contribution in [2.75, 3.05) is 38.9 Å². The summed E-state index contributed by atoms with van der Waals surface area (Å²) in [6.07, 6.45) is -7.89. The van der Waals surface area contributed by atoms with Crippen molar-refractivity contribution in [3.05, 3.63) is 136 Å². The number of benzene rings is 3. The largest absolute Gasteiger partial charge is 0.493 e. The van der Waals surface area contributed by atoms with Crippen LogP contribution >= 0.6 is 0 Å². The molecule has 398 valence electrons. The van der Waals surface area contributed by atoms with Gasteiger partial charge in [0, 0.05) is 36.2 Å². The molecule has 0 saturated heterocycles. The van der Waals surface area contributed by atoms with Gasteiger partial charge < -0.3 is 28.9 Å². The lowest BCUT2D eigenvalue weighted by Gasteiger charge is -2.27. The summed E-state index contributed by atoms with van der Waals surface area (Å²) in [6.45, 7) is 3.51. The molecule has 0 atom stereocenters. The van der Waals surface area contributed by atoms with Gasteiger partial charge in [-0.3, -0.25) is 4.79 Å². The Hall–Kier alpha value is -8.34. The predicted octanol–water partition coefficient (Wildman–Crippen LogP) is 6.72. The normalized spacial score (nSPS) is 13.3. The lowest BCUT2D eigenvalue weighted by Crippen LogP contribution is -2.29. The van der Waals surface area contributed by atoms with E-state index >= 15 is 0 Å². The van der Waals surface area contributed by atoms with E-state index in [1.54, 1.807) is 6.92 Å². The molecule has 2 N–H and O–H groups in total. The van der Waals surface area contributed by atoms with Crippen molar-refractivity contribution in [3.63, 3.8) is 0 Å². The first-order valence-corrected chi connectivity index (χ1v) is 24.8. The van der Waals surface area contributed by atoms with Crippen LogP contribution in [0.15, 0.2) is 112 Å². The van der Waals surface area contributed by atoms with Gasteiger partial charge in [0.25, 0.3) is 21.7 Å². The summed E-state index contributed by atoms with van der Waals surface area (Å²) < 4.78 is 151. The smallest absolute Gasteiger partial charge is 0.418 e. The van der Waals surface area contributed by atoms with Crippen LogP contribution in [-0.4, -0.2) is 108 Å². The Balaban J connectivity index is 0.000000185. The Morgan fingerprint density at radius 1 is 0.840 bits per heavy atom. The molecule has 3 aromatic carbocycles. The summed E-state index contributed by atoms with van der Waals surface area (Å²) >= 11 is 0. The molecule has 0 aliphatic carbocycles. The first-order chi connectivity index (χ1) is 35.2. The van der Waals surface area contributed by atoms with Gasteiger partial charge in [0.05, 0.1) is 62.1 Å². The maximum Gasteiger partial charge on any atom is 0.418 e. The maximum absolute atomic E-state index is 13.3. The number of alkyl halides is 6. The van der Waals surface area contributed by atoms with Crippen LogP contribution in [0.2, 0.25) is 0 Å². The molecule has 1 aliphatic heterocycles. The van der Waals surface area contributed by atoms with Gasteiger partial charge in [0.2, 0.25) is 29.3 Å². The van der Waals surface area contributed by atoms with E-state index < -0.39 is 93.8 Å². The molecular weight excluding hydrogens is 1050 g/mol. The van der Waals surface area contributed by atoms with E-state index in [9.17, 15) is 57.9 Å². The Kier molecular flexibility index (Phi) is 16.4. The van der Waals surface area contributed by atoms with Gasteiger partial charge in [-0.05, 0) is 38.1 Å². The summed E-state index contributed by atoms with van der Waals surface area (Å²) in [4.78, 5) is 39.7. The number of rotatable bonds is 13. The fourth-order valence-electron chi connectivity index (χ4n) is 7.23. The molecular formula is C46H43F6N9O12S2. The zero-order chi connectivity index (χ0) is 55.3. The molecule has 5 heterocycles. The van der Waals surface area contributed by atoms with Crippen molar-refractivity contribution in [1.29, 1.82) is 0 Å². The van der Waals surface area contributed by atoms with Crippen LogP contribution in [0.4, 0.5) is 32.3 Å². The SMILES string of the molecule is CCOC(=O)C1=NOC(c2ccccc2)(c2ccccc2)C1.COc1cc(OC)n2nc(NS(=O)(=O)c3c(C(F)(F)F)ccnc3OC)nc2n1.Cc1nn(C)c(O)c1C(=O)c1ccc(C(F)(F)F)cc1S(C)(=O)=O. The number of hydrogen-bond donors (Lipinski definition) is 2. The quantitative estimate of drug-likeness (QED) is 0.0689. The molecule has 0 amide bonds. The Morgan fingerprint density at radius 2 is 1.47 bits per heavy atom. The van der Waals surface area contributed by atoms with Crippen molar-refractivity contribution in [2.45, 2.75) is 48.0 Å². The minimum absolute atomic E-state index is 0.0970. The number of ether oxygens (including phenoxy) is 4. The average Bonchev–Trinajstić information content (AvgIpc) is 4.07. The molecule has 7 aromatic rings. The highest BCUT2D eigenvalue weighted by molar-refractivity contribution is 7.93. The number of esters is 1. The summed E-state index contributed by atoms with van der Waals surface area (Å²) in [6, 6.07) is 23.3. The summed E-state index contributed by atoms with van der Waals surface area (Å²) in [5.74, 6) is -3.06. The van der Waals surface area contributed by atoms with Crippen molar-refractivity contribution in [2.24, 2.45) is 12.2 Å². The number of carbonyl (C=O) groups excluding carboxylic acids is 2. The molecule has 29 heteroatoms. The first kappa shape index (κ1) is 56.0. The average molecular weight is 1090 g/mol. The molecule has 0 bridgehead atoms. The van der Waals surface area contributed by atoms with E-state index in [-0.39, 0.29) is 28.8 Å². The van der Waals surface area contributed by atoms with Gasteiger partial charge in [0.1, 0.15) is 5.56 Å². The van der Waals surface area contributed by atoms with Crippen molar-refractivity contribution in [3.8, 4) is 23.5 Å². The number of oxime groups is 1. The number of halogens is 6. The van der Waals surface area contributed by atoms with E-state index in [1.807, 2.05) is 65.4 Å². The molecule has 0 fully saturated rings. The highest BCUT2D eigenvalue weighted by Gasteiger charge is 2.45. The van der Waals surface area contributed by atoms with Crippen molar-refractivity contribution < 1.29 is 81.7 Å². The number of aromatic hydroxyl groups is 1. The minimum atomic E-state index is -4.98. The van der Waals surface area contributed by atoms with E-state index in [1.165, 1.54) is 34.3 Å². The van der Waals surface area contributed by atoms with Gasteiger partial charge in [-0.2, -0.15) is 45.9 Å². The molecule has 75 heavy (non-hydrogen) atoms. The highest BCUT2D eigenvalue weighted by Crippen LogP contribution is 2.42. The zero-order valence-electron chi connectivity index (χ0n) is 40.3. The zero-order valence-corrected chi connectivity index (χ0v) is 41.9. The Labute approximate surface area is 422 Å². The fraction of sp³-hybridized carbons (Fsp3) is 0.261. The van der Waals surface area contributed by atoms with E-state index in [0.29, 0.717) is 43.2 Å². The summed E-state index contributed by atoms with van der Waals surface area (Å²) in [7, 11) is -3.96. The molecule has 4 aromatic heterocycles. The van der Waals surface area contributed by atoms with Crippen LogP contribution in [0, 0.1) is 6.92 Å². The van der Waals surface area contributed by atoms with Gasteiger partial charge in [-0.15, -0.1) is 5.10 Å². The van der Waals surface area contributed by atoms with Crippen LogP contribution in [0.3, 0.4) is 0 Å². The molecule has 8 rings (SSSR count). The number of aromatic nitrogens is 7. The Bertz CT molecular complexity index is 3460. The molecule has 0 spiro atoms. The van der Waals surface area contributed by atoms with Crippen LogP contribution in [0.1, 0.15) is 57.2 Å². The third kappa shape index (κ3) is 12.2. The third-order valence-corrected chi connectivity index (χ3v) is 13.2. The second kappa shape index (κ2) is 22.0. The summed E-state index contributed by atoms with van der Waals surface area (Å²) in [5, 5.41) is 21.5. The van der Waals surface area contributed by atoms with Gasteiger partial charge in [0.15, 0.2) is 26.0 Å². The predicted molar refractivity (Wildman–Crippen MR) is 252 cm³/mol. The second-order valence-electron chi connectivity index (χ2n) is 15.6. The Morgan fingerprint density at radius 3 is 1.97 bits per heavy atom. The van der Waals surface area contributed by atoms with Crippen LogP contribution < -0.4 is 18.9 Å². The number of sulfonamides is 1. The summed E-state index contributed by atoms with van der Waals surface area (Å²) in [5.41, 5.74) is -1.78. The number of aryl methyl sites for hydroxylation is 2. The number of carbonyl (C=O) groups is 2. The lowest BCUT2D eigenvalue weighted by molar-refractivity contribution is -0.140. The lowest BCUT2D eigenvalue weighted by atomic mass is 9.82. The van der Waals surface area contributed by atoms with Crippen LogP contribution in [-0.2, 0) is 59.2 Å². The standard InChI is InChI=1S/C18H17NO3.C14H13F3N6O5S.C14H13F3N2O4S/c1-2-21-17(20)16-13-18(22-19-16,14-9-5-3-6-10-14)15-11-7-4-8-12-15;1-26-8-6-9(27-2)23-13(19-8)20-12(21-23)22-29(24,25)10-7(14(15,16)17)4-5-18-11(10)28-3;1-7-11(13(21)19(2)18-7)12(20)9-5-4-8(14(15,16)17)6-10(9)24(3,22)23/h3-12H,2,13H2,1H3;4-6H,1-3H3,(H,21,22);4-6,21H,1-3H3. The van der Waals surface area contributed by atoms with Crippen LogP contribution in [0.5, 0.6) is 23.5 Å². The van der Waals surface area contributed by atoms with Crippen molar-refractivity contribution >= 4 is 49.1 Å². The highest BCUT2D eigenvalue weighted by atomic mass is 32.2. The molecule has 0 unspecified atom stereocenters. The second-order valence-corrected chi connectivity index (χ2v) is 19.2. The van der Waals surface area contributed by atoms with Crippen molar-refractivity contribution in [1.82, 2.24) is 34.3 Å². The van der Waals surface area contributed by atoms with Gasteiger partial charge >= 0.3 is 18.3 Å². The van der Waals surface area contributed by atoms with E-state index in [2.05, 4.69) is 30.3 Å². The number of nitrogens with zero attached hydrogens (tertiary/aromatic N) is 8. The molecule has 0 saturated carbocycles. The number of anilines is 1. The number of ketones is 1. The molecule has 0 radical (unpaired) electrons. The fourth-order valence-corrected chi connectivity index (χ4v) is 9.40. The van der Waals surface area contributed by atoms with Gasteiger partial charge in [-0.25, -0.2) is 36.0 Å². The first-order valence-electron chi connectivity index (χ1n) is 21.4. The molecule has 21 nitrogen and oxygen atoms in total. The third-order valence-electron chi connectivity index (χ3n) is 10.6. The number of fused-ring (bicyclic) bond motifs is 1. The number of hydrogen-bond acceptors (Lipinski definition) is 18. The number of sulfone groups is 1. The number of nitrogens with one attached hydrogen (secondary N) is 1. The number of methoxy groups -OCH3 is 3. The monoisotopic (exact) mass is 1090 g/mol. The van der Waals surface area contributed by atoms with E-state index in [0.717, 1.165) is 39.7 Å². The van der Waals surface area contributed by atoms with Gasteiger partial charge in [-0.1, -0.05) is 65.8 Å².